The van der Waals surface area contributed by atoms with E-state index in [9.17, 15) is 0 Å². The smallest absolute Gasteiger partial charge is 0.0596 e. The first-order chi connectivity index (χ1) is 9.65. The molecule has 1 saturated carbocycles. The van der Waals surface area contributed by atoms with Gasteiger partial charge in [0, 0.05) is 18.3 Å². The Morgan fingerprint density at radius 2 is 2.15 bits per heavy atom. The molecule has 0 aliphatic heterocycles. The largest absolute Gasteiger partial charge is 0.378 e. The zero-order valence-electron chi connectivity index (χ0n) is 13.2. The quantitative estimate of drug-likeness (QED) is 0.744. The number of rotatable bonds is 8. The second kappa shape index (κ2) is 7.79. The molecule has 1 aromatic heterocycles. The van der Waals surface area contributed by atoms with E-state index in [0.29, 0.717) is 12.1 Å². The Morgan fingerprint density at radius 1 is 1.40 bits per heavy atom. The van der Waals surface area contributed by atoms with Gasteiger partial charge in [0.15, 0.2) is 0 Å². The van der Waals surface area contributed by atoms with Crippen LogP contribution < -0.4 is 5.32 Å². The number of nitrogens with one attached hydrogen (secondary N) is 1. The van der Waals surface area contributed by atoms with Crippen LogP contribution in [0.4, 0.5) is 0 Å². The summed E-state index contributed by atoms with van der Waals surface area (Å²) in [5.74, 6) is 0. The molecule has 2 rings (SSSR count). The van der Waals surface area contributed by atoms with Gasteiger partial charge in [0.25, 0.3) is 0 Å². The summed E-state index contributed by atoms with van der Waals surface area (Å²) < 4.78 is 7.95. The van der Waals surface area contributed by atoms with Crippen LogP contribution in [-0.4, -0.2) is 35.1 Å². The molecule has 0 bridgehead atoms. The van der Waals surface area contributed by atoms with Crippen molar-refractivity contribution in [2.75, 3.05) is 13.2 Å². The van der Waals surface area contributed by atoms with E-state index < -0.39 is 0 Å². The summed E-state index contributed by atoms with van der Waals surface area (Å²) in [4.78, 5) is 0. The SMILES string of the molecule is Cc1cc(C)n(CC(C)NCCCOC2CCCC2)n1. The highest BCUT2D eigenvalue weighted by molar-refractivity contribution is 5.06. The molecule has 1 N–H and O–H groups in total. The van der Waals surface area contributed by atoms with E-state index in [4.69, 9.17) is 4.74 Å². The standard InChI is InChI=1S/C16H29N3O/c1-13-11-15(3)19(18-13)12-14(2)17-9-6-10-20-16-7-4-5-8-16/h11,14,16-17H,4-10,12H2,1-3H3. The van der Waals surface area contributed by atoms with E-state index in [-0.39, 0.29) is 0 Å². The molecule has 0 aromatic carbocycles. The van der Waals surface area contributed by atoms with Crippen molar-refractivity contribution in [3.63, 3.8) is 0 Å². The molecule has 20 heavy (non-hydrogen) atoms. The number of aryl methyl sites for hydroxylation is 2. The van der Waals surface area contributed by atoms with Crippen LogP contribution in [0, 0.1) is 13.8 Å². The van der Waals surface area contributed by atoms with Crippen LogP contribution in [-0.2, 0) is 11.3 Å². The summed E-state index contributed by atoms with van der Waals surface area (Å²) in [5.41, 5.74) is 2.33. The Balaban J connectivity index is 1.55. The highest BCUT2D eigenvalue weighted by Crippen LogP contribution is 2.20. The van der Waals surface area contributed by atoms with Crippen molar-refractivity contribution in [3.05, 3.63) is 17.5 Å². The highest BCUT2D eigenvalue weighted by Gasteiger charge is 2.14. The van der Waals surface area contributed by atoms with E-state index >= 15 is 0 Å². The fourth-order valence-corrected chi connectivity index (χ4v) is 2.91. The molecular weight excluding hydrogens is 250 g/mol. The summed E-state index contributed by atoms with van der Waals surface area (Å²) in [6.45, 7) is 9.22. The monoisotopic (exact) mass is 279 g/mol. The van der Waals surface area contributed by atoms with Crippen LogP contribution in [0.5, 0.6) is 0 Å². The Bertz CT molecular complexity index is 396. The minimum absolute atomic E-state index is 0.444. The summed E-state index contributed by atoms with van der Waals surface area (Å²) in [7, 11) is 0. The molecule has 0 amide bonds. The van der Waals surface area contributed by atoms with Crippen molar-refractivity contribution >= 4 is 0 Å². The molecule has 1 fully saturated rings. The molecule has 0 saturated heterocycles. The maximum Gasteiger partial charge on any atom is 0.0596 e. The summed E-state index contributed by atoms with van der Waals surface area (Å²) in [6, 6.07) is 2.57. The van der Waals surface area contributed by atoms with E-state index in [0.717, 1.165) is 31.8 Å². The molecule has 4 heteroatoms. The lowest BCUT2D eigenvalue weighted by molar-refractivity contribution is 0.0566. The molecular formula is C16H29N3O. The van der Waals surface area contributed by atoms with Crippen LogP contribution in [0.3, 0.4) is 0 Å². The van der Waals surface area contributed by atoms with Gasteiger partial charge in [-0.05, 0) is 52.6 Å². The average Bonchev–Trinajstić information content (AvgIpc) is 3.00. The molecule has 1 unspecified atom stereocenters. The fraction of sp³-hybridized carbons (Fsp3) is 0.812. The van der Waals surface area contributed by atoms with E-state index in [1.165, 1.54) is 31.4 Å². The minimum Gasteiger partial charge on any atom is -0.378 e. The van der Waals surface area contributed by atoms with Crippen LogP contribution >= 0.6 is 0 Å². The number of hydrogen-bond acceptors (Lipinski definition) is 3. The maximum atomic E-state index is 5.87. The third-order valence-electron chi connectivity index (χ3n) is 4.02. The normalized spacial score (nSPS) is 17.8. The van der Waals surface area contributed by atoms with Gasteiger partial charge < -0.3 is 10.1 Å². The van der Waals surface area contributed by atoms with E-state index in [1.807, 2.05) is 6.92 Å². The van der Waals surface area contributed by atoms with Gasteiger partial charge in [0.1, 0.15) is 0 Å². The van der Waals surface area contributed by atoms with Crippen LogP contribution in [0.25, 0.3) is 0 Å². The van der Waals surface area contributed by atoms with Crippen molar-refractivity contribution in [3.8, 4) is 0 Å². The van der Waals surface area contributed by atoms with Crippen molar-refractivity contribution in [2.45, 2.75) is 71.6 Å². The van der Waals surface area contributed by atoms with Crippen molar-refractivity contribution in [1.29, 1.82) is 0 Å². The third-order valence-corrected chi connectivity index (χ3v) is 4.02. The second-order valence-corrected chi connectivity index (χ2v) is 6.10. The Kier molecular flexibility index (Phi) is 6.05. The predicted molar refractivity (Wildman–Crippen MR) is 82.0 cm³/mol. The van der Waals surface area contributed by atoms with Gasteiger partial charge in [0.2, 0.25) is 0 Å². The van der Waals surface area contributed by atoms with E-state index in [1.54, 1.807) is 0 Å². The van der Waals surface area contributed by atoms with Gasteiger partial charge in [-0.15, -0.1) is 0 Å². The number of hydrogen-bond donors (Lipinski definition) is 1. The molecule has 1 heterocycles. The molecule has 1 atom stereocenters. The van der Waals surface area contributed by atoms with Crippen molar-refractivity contribution in [2.24, 2.45) is 0 Å². The van der Waals surface area contributed by atoms with Crippen LogP contribution in [0.2, 0.25) is 0 Å². The Hall–Kier alpha value is -0.870. The van der Waals surface area contributed by atoms with Crippen molar-refractivity contribution < 1.29 is 4.74 Å². The molecule has 114 valence electrons. The zero-order valence-corrected chi connectivity index (χ0v) is 13.2. The van der Waals surface area contributed by atoms with Gasteiger partial charge in [-0.1, -0.05) is 12.8 Å². The van der Waals surface area contributed by atoms with Gasteiger partial charge in [-0.3, -0.25) is 4.68 Å². The molecule has 1 aliphatic carbocycles. The second-order valence-electron chi connectivity index (χ2n) is 6.10. The first-order valence-electron chi connectivity index (χ1n) is 8.01. The molecule has 0 radical (unpaired) electrons. The topological polar surface area (TPSA) is 39.1 Å². The van der Waals surface area contributed by atoms with E-state index in [2.05, 4.69) is 35.0 Å². The lowest BCUT2D eigenvalue weighted by atomic mass is 10.3. The third kappa shape index (κ3) is 4.91. The highest BCUT2D eigenvalue weighted by atomic mass is 16.5. The van der Waals surface area contributed by atoms with Crippen LogP contribution in [0.15, 0.2) is 6.07 Å². The van der Waals surface area contributed by atoms with Crippen molar-refractivity contribution in [1.82, 2.24) is 15.1 Å². The first-order valence-corrected chi connectivity index (χ1v) is 8.01. The number of ether oxygens (including phenoxy) is 1. The molecule has 0 spiro atoms. The fourth-order valence-electron chi connectivity index (χ4n) is 2.91. The zero-order chi connectivity index (χ0) is 14.4. The number of nitrogens with zero attached hydrogens (tertiary/aromatic N) is 2. The van der Waals surface area contributed by atoms with Gasteiger partial charge in [-0.2, -0.15) is 5.10 Å². The molecule has 4 nitrogen and oxygen atoms in total. The molecule has 1 aromatic rings. The summed E-state index contributed by atoms with van der Waals surface area (Å²) >= 11 is 0. The van der Waals surface area contributed by atoms with Gasteiger partial charge in [0.05, 0.1) is 18.3 Å². The van der Waals surface area contributed by atoms with Gasteiger partial charge in [-0.25, -0.2) is 0 Å². The molecule has 1 aliphatic rings. The van der Waals surface area contributed by atoms with Crippen LogP contribution in [0.1, 0.15) is 50.4 Å². The summed E-state index contributed by atoms with van der Waals surface area (Å²) in [6.07, 6.45) is 6.87. The Labute approximate surface area is 122 Å². The number of aromatic nitrogens is 2. The lowest BCUT2D eigenvalue weighted by Gasteiger charge is -2.16. The minimum atomic E-state index is 0.444. The van der Waals surface area contributed by atoms with Gasteiger partial charge >= 0.3 is 0 Å². The Morgan fingerprint density at radius 3 is 2.80 bits per heavy atom. The lowest BCUT2D eigenvalue weighted by Crippen LogP contribution is -2.32. The average molecular weight is 279 g/mol. The summed E-state index contributed by atoms with van der Waals surface area (Å²) in [5, 5.41) is 8.05. The maximum absolute atomic E-state index is 5.87. The first kappa shape index (κ1) is 15.5. The predicted octanol–water partition coefficient (Wildman–Crippen LogP) is 2.83.